The minimum Gasteiger partial charge on any atom is -0.368 e. The standard InChI is InChI=1S/C11H12ClNO2/c12-8-4-1-2-5-9(8)13-11(14)10-6-3-7-15-10/h1-2,4-5,10H,3,6-7H2,(H,13,14)/t10-/m0/s1. The topological polar surface area (TPSA) is 38.3 Å². The minimum atomic E-state index is -0.318. The molecule has 0 aliphatic carbocycles. The van der Waals surface area contributed by atoms with E-state index in [1.807, 2.05) is 12.1 Å². The fraction of sp³-hybridized carbons (Fsp3) is 0.364. The second-order valence-corrected chi connectivity index (χ2v) is 3.88. The number of nitrogens with one attached hydrogen (secondary N) is 1. The van der Waals surface area contributed by atoms with Gasteiger partial charge in [-0.15, -0.1) is 0 Å². The number of rotatable bonds is 2. The Morgan fingerprint density at radius 1 is 1.47 bits per heavy atom. The third-order valence-corrected chi connectivity index (χ3v) is 2.68. The van der Waals surface area contributed by atoms with E-state index in [9.17, 15) is 4.79 Å². The molecule has 1 aromatic rings. The van der Waals surface area contributed by atoms with Crippen molar-refractivity contribution in [3.05, 3.63) is 29.3 Å². The Balaban J connectivity index is 2.02. The molecule has 15 heavy (non-hydrogen) atoms. The molecular weight excluding hydrogens is 214 g/mol. The van der Waals surface area contributed by atoms with E-state index >= 15 is 0 Å². The van der Waals surface area contributed by atoms with Crippen LogP contribution in [0.3, 0.4) is 0 Å². The van der Waals surface area contributed by atoms with E-state index in [1.54, 1.807) is 12.1 Å². The number of hydrogen-bond donors (Lipinski definition) is 1. The molecule has 2 rings (SSSR count). The summed E-state index contributed by atoms with van der Waals surface area (Å²) in [5, 5.41) is 3.30. The van der Waals surface area contributed by atoms with Crippen LogP contribution in [-0.4, -0.2) is 18.6 Å². The molecule has 0 bridgehead atoms. The van der Waals surface area contributed by atoms with Gasteiger partial charge in [-0.1, -0.05) is 23.7 Å². The van der Waals surface area contributed by atoms with E-state index in [4.69, 9.17) is 16.3 Å². The summed E-state index contributed by atoms with van der Waals surface area (Å²) in [6, 6.07) is 7.17. The molecule has 0 saturated carbocycles. The van der Waals surface area contributed by atoms with Gasteiger partial charge >= 0.3 is 0 Å². The zero-order chi connectivity index (χ0) is 10.7. The number of carbonyl (C=O) groups excluding carboxylic acids is 1. The van der Waals surface area contributed by atoms with Crippen LogP contribution in [0.2, 0.25) is 5.02 Å². The molecule has 1 heterocycles. The highest BCUT2D eigenvalue weighted by Crippen LogP contribution is 2.22. The minimum absolute atomic E-state index is 0.111. The molecular formula is C11H12ClNO2. The van der Waals surface area contributed by atoms with E-state index < -0.39 is 0 Å². The summed E-state index contributed by atoms with van der Waals surface area (Å²) < 4.78 is 5.27. The molecule has 1 amide bonds. The van der Waals surface area contributed by atoms with Crippen LogP contribution in [0.15, 0.2) is 24.3 Å². The van der Waals surface area contributed by atoms with Gasteiger partial charge in [-0.2, -0.15) is 0 Å². The van der Waals surface area contributed by atoms with Gasteiger partial charge in [0.25, 0.3) is 5.91 Å². The second-order valence-electron chi connectivity index (χ2n) is 3.47. The molecule has 80 valence electrons. The Kier molecular flexibility index (Phi) is 3.23. The summed E-state index contributed by atoms with van der Waals surface area (Å²) >= 11 is 5.92. The van der Waals surface area contributed by atoms with Crippen LogP contribution in [0.5, 0.6) is 0 Å². The van der Waals surface area contributed by atoms with Gasteiger partial charge in [0, 0.05) is 6.61 Å². The third-order valence-electron chi connectivity index (χ3n) is 2.35. The zero-order valence-electron chi connectivity index (χ0n) is 8.20. The summed E-state index contributed by atoms with van der Waals surface area (Å²) in [6.07, 6.45) is 1.41. The Morgan fingerprint density at radius 3 is 2.93 bits per heavy atom. The molecule has 3 nitrogen and oxygen atoms in total. The quantitative estimate of drug-likeness (QED) is 0.840. The molecule has 0 radical (unpaired) electrons. The van der Waals surface area contributed by atoms with Gasteiger partial charge in [-0.3, -0.25) is 4.79 Å². The van der Waals surface area contributed by atoms with Crippen LogP contribution in [0.1, 0.15) is 12.8 Å². The predicted octanol–water partition coefficient (Wildman–Crippen LogP) is 2.46. The molecule has 4 heteroatoms. The summed E-state index contributed by atoms with van der Waals surface area (Å²) in [5.41, 5.74) is 0.639. The Bertz CT molecular complexity index is 361. The molecule has 1 fully saturated rings. The van der Waals surface area contributed by atoms with Crippen LogP contribution < -0.4 is 5.32 Å². The van der Waals surface area contributed by atoms with Crippen molar-refractivity contribution in [1.29, 1.82) is 0 Å². The maximum Gasteiger partial charge on any atom is 0.253 e. The van der Waals surface area contributed by atoms with Gasteiger partial charge in [0.05, 0.1) is 10.7 Å². The molecule has 1 aliphatic heterocycles. The summed E-state index contributed by atoms with van der Waals surface area (Å²) in [7, 11) is 0. The highest BCUT2D eigenvalue weighted by molar-refractivity contribution is 6.33. The lowest BCUT2D eigenvalue weighted by Gasteiger charge is -2.11. The van der Waals surface area contributed by atoms with Gasteiger partial charge in [-0.05, 0) is 25.0 Å². The number of carbonyl (C=O) groups is 1. The summed E-state index contributed by atoms with van der Waals surface area (Å²) in [6.45, 7) is 0.667. The molecule has 0 aromatic heterocycles. The first kappa shape index (κ1) is 10.5. The third kappa shape index (κ3) is 2.49. The highest BCUT2D eigenvalue weighted by atomic mass is 35.5. The lowest BCUT2D eigenvalue weighted by atomic mass is 10.2. The number of para-hydroxylation sites is 1. The van der Waals surface area contributed by atoms with E-state index in [-0.39, 0.29) is 12.0 Å². The maximum atomic E-state index is 11.7. The zero-order valence-corrected chi connectivity index (χ0v) is 8.96. The van der Waals surface area contributed by atoms with Crippen molar-refractivity contribution in [3.63, 3.8) is 0 Å². The molecule has 1 saturated heterocycles. The summed E-state index contributed by atoms with van der Waals surface area (Å²) in [4.78, 5) is 11.7. The largest absolute Gasteiger partial charge is 0.368 e. The van der Waals surface area contributed by atoms with Crippen molar-refractivity contribution < 1.29 is 9.53 Å². The van der Waals surface area contributed by atoms with Crippen molar-refractivity contribution in [3.8, 4) is 0 Å². The van der Waals surface area contributed by atoms with E-state index in [0.29, 0.717) is 17.3 Å². The Hall–Kier alpha value is -1.06. The first-order valence-corrected chi connectivity index (χ1v) is 5.32. The first-order valence-electron chi connectivity index (χ1n) is 4.94. The molecule has 1 aliphatic rings. The second kappa shape index (κ2) is 4.64. The van der Waals surface area contributed by atoms with Crippen LogP contribution >= 0.6 is 11.6 Å². The maximum absolute atomic E-state index is 11.7. The normalized spacial score (nSPS) is 20.2. The Labute approximate surface area is 93.4 Å². The van der Waals surface area contributed by atoms with Gasteiger partial charge in [0.1, 0.15) is 6.10 Å². The van der Waals surface area contributed by atoms with E-state index in [1.165, 1.54) is 0 Å². The number of anilines is 1. The predicted molar refractivity (Wildman–Crippen MR) is 59.1 cm³/mol. The lowest BCUT2D eigenvalue weighted by molar-refractivity contribution is -0.124. The number of amides is 1. The van der Waals surface area contributed by atoms with Gasteiger partial charge in [-0.25, -0.2) is 0 Å². The lowest BCUT2D eigenvalue weighted by Crippen LogP contribution is -2.26. The smallest absolute Gasteiger partial charge is 0.253 e. The van der Waals surface area contributed by atoms with Gasteiger partial charge < -0.3 is 10.1 Å². The monoisotopic (exact) mass is 225 g/mol. The number of ether oxygens (including phenoxy) is 1. The van der Waals surface area contributed by atoms with Crippen LogP contribution in [0, 0.1) is 0 Å². The van der Waals surface area contributed by atoms with E-state index in [2.05, 4.69) is 5.32 Å². The van der Waals surface area contributed by atoms with Crippen LogP contribution in [-0.2, 0) is 9.53 Å². The van der Waals surface area contributed by atoms with Crippen molar-refractivity contribution in [2.45, 2.75) is 18.9 Å². The SMILES string of the molecule is O=C(Nc1ccccc1Cl)[C@@H]1CCCO1. The van der Waals surface area contributed by atoms with Gasteiger partial charge in [0.15, 0.2) is 0 Å². The molecule has 0 unspecified atom stereocenters. The number of halogens is 1. The van der Waals surface area contributed by atoms with Gasteiger partial charge in [0.2, 0.25) is 0 Å². The van der Waals surface area contributed by atoms with Crippen molar-refractivity contribution in [2.75, 3.05) is 11.9 Å². The molecule has 0 spiro atoms. The number of hydrogen-bond acceptors (Lipinski definition) is 2. The average molecular weight is 226 g/mol. The fourth-order valence-corrected chi connectivity index (χ4v) is 1.74. The number of benzene rings is 1. The molecule has 1 aromatic carbocycles. The van der Waals surface area contributed by atoms with Crippen LogP contribution in [0.4, 0.5) is 5.69 Å². The van der Waals surface area contributed by atoms with E-state index in [0.717, 1.165) is 12.8 Å². The molecule has 1 atom stereocenters. The van der Waals surface area contributed by atoms with Crippen molar-refractivity contribution >= 4 is 23.2 Å². The first-order chi connectivity index (χ1) is 7.27. The summed E-state index contributed by atoms with van der Waals surface area (Å²) in [5.74, 6) is -0.111. The highest BCUT2D eigenvalue weighted by Gasteiger charge is 2.23. The Morgan fingerprint density at radius 2 is 2.27 bits per heavy atom. The van der Waals surface area contributed by atoms with Crippen molar-refractivity contribution in [2.24, 2.45) is 0 Å². The van der Waals surface area contributed by atoms with Crippen molar-refractivity contribution in [1.82, 2.24) is 0 Å². The van der Waals surface area contributed by atoms with Crippen LogP contribution in [0.25, 0.3) is 0 Å². The fourth-order valence-electron chi connectivity index (χ4n) is 1.56. The average Bonchev–Trinajstić information content (AvgIpc) is 2.74. The molecule has 1 N–H and O–H groups in total.